The molecule has 0 aliphatic rings. The monoisotopic (exact) mass is 290 g/mol. The molecule has 0 amide bonds. The Bertz CT molecular complexity index is 307. The molecule has 0 aliphatic heterocycles. The average Bonchev–Trinajstić information content (AvgIpc) is 2.16. The Morgan fingerprint density at radius 2 is 2.07 bits per heavy atom. The summed E-state index contributed by atoms with van der Waals surface area (Å²) in [7, 11) is 0. The van der Waals surface area contributed by atoms with Crippen LogP contribution >= 0.6 is 27.5 Å². The Kier molecular flexibility index (Phi) is 5.10. The van der Waals surface area contributed by atoms with Crippen molar-refractivity contribution in [1.29, 1.82) is 0 Å². The SMILES string of the molecule is CCC(C)CC(O)c1cc(Cl)cc(Br)c1. The first-order chi connectivity index (χ1) is 7.02. The third kappa shape index (κ3) is 4.13. The van der Waals surface area contributed by atoms with Crippen LogP contribution in [0.25, 0.3) is 0 Å². The molecule has 15 heavy (non-hydrogen) atoms. The fraction of sp³-hybridized carbons (Fsp3) is 0.500. The van der Waals surface area contributed by atoms with E-state index in [0.717, 1.165) is 22.9 Å². The molecule has 0 saturated heterocycles. The van der Waals surface area contributed by atoms with Gasteiger partial charge in [0, 0.05) is 9.50 Å². The molecule has 0 fully saturated rings. The van der Waals surface area contributed by atoms with Gasteiger partial charge in [-0.2, -0.15) is 0 Å². The normalized spacial score (nSPS) is 15.0. The Labute approximate surface area is 105 Å². The van der Waals surface area contributed by atoms with Gasteiger partial charge < -0.3 is 5.11 Å². The molecule has 1 N–H and O–H groups in total. The van der Waals surface area contributed by atoms with Gasteiger partial charge in [0.05, 0.1) is 6.10 Å². The molecule has 0 radical (unpaired) electrons. The topological polar surface area (TPSA) is 20.2 Å². The standard InChI is InChI=1S/C12H16BrClO/c1-3-8(2)4-12(15)9-5-10(13)7-11(14)6-9/h5-8,12,15H,3-4H2,1-2H3. The van der Waals surface area contributed by atoms with Crippen LogP contribution in [0.2, 0.25) is 5.02 Å². The molecule has 1 aromatic carbocycles. The highest BCUT2D eigenvalue weighted by Crippen LogP contribution is 2.28. The highest BCUT2D eigenvalue weighted by atomic mass is 79.9. The molecule has 0 saturated carbocycles. The second-order valence-electron chi connectivity index (χ2n) is 3.97. The van der Waals surface area contributed by atoms with Gasteiger partial charge in [-0.1, -0.05) is 47.8 Å². The maximum absolute atomic E-state index is 9.99. The lowest BCUT2D eigenvalue weighted by molar-refractivity contribution is 0.146. The summed E-state index contributed by atoms with van der Waals surface area (Å²) in [6.07, 6.45) is 1.44. The molecular formula is C12H16BrClO. The first kappa shape index (κ1) is 13.0. The van der Waals surface area contributed by atoms with Crippen molar-refractivity contribution in [1.82, 2.24) is 0 Å². The lowest BCUT2D eigenvalue weighted by Gasteiger charge is -2.15. The predicted molar refractivity (Wildman–Crippen MR) is 68.2 cm³/mol. The maximum Gasteiger partial charge on any atom is 0.0793 e. The first-order valence-corrected chi connectivity index (χ1v) is 6.34. The quantitative estimate of drug-likeness (QED) is 0.861. The number of aliphatic hydroxyl groups is 1. The van der Waals surface area contributed by atoms with E-state index in [1.165, 1.54) is 0 Å². The molecule has 1 aromatic rings. The predicted octanol–water partition coefficient (Wildman–Crippen LogP) is 4.57. The van der Waals surface area contributed by atoms with Gasteiger partial charge in [0.1, 0.15) is 0 Å². The third-order valence-electron chi connectivity index (χ3n) is 2.59. The van der Waals surface area contributed by atoms with Crippen molar-refractivity contribution in [2.75, 3.05) is 0 Å². The van der Waals surface area contributed by atoms with Crippen molar-refractivity contribution in [2.45, 2.75) is 32.8 Å². The zero-order valence-electron chi connectivity index (χ0n) is 9.00. The van der Waals surface area contributed by atoms with Crippen LogP contribution in [-0.4, -0.2) is 5.11 Å². The Balaban J connectivity index is 2.77. The van der Waals surface area contributed by atoms with Crippen LogP contribution in [0.4, 0.5) is 0 Å². The largest absolute Gasteiger partial charge is 0.388 e. The van der Waals surface area contributed by atoms with Gasteiger partial charge >= 0.3 is 0 Å². The fourth-order valence-corrected chi connectivity index (χ4v) is 2.34. The van der Waals surface area contributed by atoms with E-state index in [2.05, 4.69) is 29.8 Å². The minimum atomic E-state index is -0.421. The molecule has 2 unspecified atom stereocenters. The molecule has 0 aromatic heterocycles. The minimum absolute atomic E-state index is 0.421. The second kappa shape index (κ2) is 5.88. The Hall–Kier alpha value is -0.0500. The molecule has 1 nitrogen and oxygen atoms in total. The highest BCUT2D eigenvalue weighted by Gasteiger charge is 2.12. The van der Waals surface area contributed by atoms with E-state index in [-0.39, 0.29) is 0 Å². The van der Waals surface area contributed by atoms with Crippen LogP contribution < -0.4 is 0 Å². The zero-order chi connectivity index (χ0) is 11.4. The summed E-state index contributed by atoms with van der Waals surface area (Å²) in [5, 5.41) is 10.6. The van der Waals surface area contributed by atoms with Gasteiger partial charge in [0.25, 0.3) is 0 Å². The Morgan fingerprint density at radius 1 is 1.40 bits per heavy atom. The van der Waals surface area contributed by atoms with Gasteiger partial charge in [-0.3, -0.25) is 0 Å². The molecule has 84 valence electrons. The van der Waals surface area contributed by atoms with Gasteiger partial charge in [-0.25, -0.2) is 0 Å². The zero-order valence-corrected chi connectivity index (χ0v) is 11.3. The van der Waals surface area contributed by atoms with E-state index in [4.69, 9.17) is 11.6 Å². The number of hydrogen-bond acceptors (Lipinski definition) is 1. The summed E-state index contributed by atoms with van der Waals surface area (Å²) in [6.45, 7) is 4.27. The van der Waals surface area contributed by atoms with Crippen LogP contribution in [0.5, 0.6) is 0 Å². The van der Waals surface area contributed by atoms with Crippen molar-refractivity contribution in [3.63, 3.8) is 0 Å². The van der Waals surface area contributed by atoms with Crippen LogP contribution in [0.3, 0.4) is 0 Å². The van der Waals surface area contributed by atoms with Crippen LogP contribution in [0.15, 0.2) is 22.7 Å². The maximum atomic E-state index is 9.99. The number of hydrogen-bond donors (Lipinski definition) is 1. The second-order valence-corrected chi connectivity index (χ2v) is 5.32. The van der Waals surface area contributed by atoms with Gasteiger partial charge in [-0.05, 0) is 36.1 Å². The molecule has 3 heteroatoms. The van der Waals surface area contributed by atoms with Crippen LogP contribution in [0, 0.1) is 5.92 Å². The van der Waals surface area contributed by atoms with Gasteiger partial charge in [0.15, 0.2) is 0 Å². The summed E-state index contributed by atoms with van der Waals surface area (Å²) in [5.74, 6) is 0.526. The molecule has 0 heterocycles. The third-order valence-corrected chi connectivity index (χ3v) is 3.27. The summed E-state index contributed by atoms with van der Waals surface area (Å²) >= 11 is 9.29. The van der Waals surface area contributed by atoms with Gasteiger partial charge in [-0.15, -0.1) is 0 Å². The molecule has 1 rings (SSSR count). The summed E-state index contributed by atoms with van der Waals surface area (Å²) in [5.41, 5.74) is 0.884. The van der Waals surface area contributed by atoms with Crippen molar-refractivity contribution < 1.29 is 5.11 Å². The lowest BCUT2D eigenvalue weighted by atomic mass is 9.96. The van der Waals surface area contributed by atoms with Crippen molar-refractivity contribution in [2.24, 2.45) is 5.92 Å². The molecule has 0 bridgehead atoms. The van der Waals surface area contributed by atoms with E-state index in [9.17, 15) is 5.11 Å². The molecule has 0 spiro atoms. The van der Waals surface area contributed by atoms with E-state index in [0.29, 0.717) is 10.9 Å². The summed E-state index contributed by atoms with van der Waals surface area (Å²) in [6, 6.07) is 5.55. The number of benzene rings is 1. The lowest BCUT2D eigenvalue weighted by Crippen LogP contribution is -2.03. The molecule has 0 aliphatic carbocycles. The summed E-state index contributed by atoms with van der Waals surface area (Å²) < 4.78 is 0.910. The summed E-state index contributed by atoms with van der Waals surface area (Å²) in [4.78, 5) is 0. The van der Waals surface area contributed by atoms with E-state index >= 15 is 0 Å². The van der Waals surface area contributed by atoms with E-state index in [1.54, 1.807) is 0 Å². The highest BCUT2D eigenvalue weighted by molar-refractivity contribution is 9.10. The van der Waals surface area contributed by atoms with E-state index in [1.807, 2.05) is 18.2 Å². The first-order valence-electron chi connectivity index (χ1n) is 5.17. The smallest absolute Gasteiger partial charge is 0.0793 e. The number of rotatable bonds is 4. The van der Waals surface area contributed by atoms with Gasteiger partial charge in [0.2, 0.25) is 0 Å². The fourth-order valence-electron chi connectivity index (χ4n) is 1.45. The Morgan fingerprint density at radius 3 is 2.60 bits per heavy atom. The molecule has 2 atom stereocenters. The van der Waals surface area contributed by atoms with Crippen LogP contribution in [0.1, 0.15) is 38.4 Å². The van der Waals surface area contributed by atoms with Crippen LogP contribution in [-0.2, 0) is 0 Å². The van der Waals surface area contributed by atoms with E-state index < -0.39 is 6.10 Å². The number of aliphatic hydroxyl groups excluding tert-OH is 1. The minimum Gasteiger partial charge on any atom is -0.388 e. The molecular weight excluding hydrogens is 275 g/mol. The van der Waals surface area contributed by atoms with Crippen molar-refractivity contribution >= 4 is 27.5 Å². The van der Waals surface area contributed by atoms with Crippen molar-refractivity contribution in [3.05, 3.63) is 33.3 Å². The average molecular weight is 292 g/mol. The number of halogens is 2. The van der Waals surface area contributed by atoms with Crippen molar-refractivity contribution in [3.8, 4) is 0 Å².